The largest absolute Gasteiger partial charge is 0.340 e. The zero-order valence-corrected chi connectivity index (χ0v) is 11.8. The highest BCUT2D eigenvalue weighted by Gasteiger charge is 2.19. The predicted molar refractivity (Wildman–Crippen MR) is 77.2 cm³/mol. The minimum absolute atomic E-state index is 0.180. The number of aromatic nitrogens is 1. The molecule has 0 bridgehead atoms. The molecule has 3 rings (SSSR count). The van der Waals surface area contributed by atoms with Crippen LogP contribution in [0.5, 0.6) is 0 Å². The summed E-state index contributed by atoms with van der Waals surface area (Å²) in [7, 11) is 0. The summed E-state index contributed by atoms with van der Waals surface area (Å²) in [4.78, 5) is 20.2. The molecule has 0 radical (unpaired) electrons. The zero-order valence-electron chi connectivity index (χ0n) is 11.0. The lowest BCUT2D eigenvalue weighted by Gasteiger charge is -2.33. The Kier molecular flexibility index (Phi) is 3.48. The van der Waals surface area contributed by atoms with Gasteiger partial charge in [0.05, 0.1) is 16.8 Å². The van der Waals surface area contributed by atoms with E-state index >= 15 is 0 Å². The summed E-state index contributed by atoms with van der Waals surface area (Å²) in [5.74, 6) is 0.180. The van der Waals surface area contributed by atoms with E-state index in [-0.39, 0.29) is 5.91 Å². The minimum atomic E-state index is 0.180. The Hall–Kier alpha value is -1.46. The average Bonchev–Trinajstić information content (AvgIpc) is 2.81. The molecule has 100 valence electrons. The fraction of sp³-hybridized carbons (Fsp3) is 0.429. The second-order valence-electron chi connectivity index (χ2n) is 4.86. The smallest absolute Gasteiger partial charge is 0.219 e. The first-order valence-corrected chi connectivity index (χ1v) is 7.36. The van der Waals surface area contributed by atoms with Gasteiger partial charge in [-0.15, -0.1) is 11.3 Å². The first kappa shape index (κ1) is 12.6. The zero-order chi connectivity index (χ0) is 13.2. The van der Waals surface area contributed by atoms with Crippen molar-refractivity contribution in [3.8, 4) is 0 Å². The van der Waals surface area contributed by atoms with Gasteiger partial charge in [0.1, 0.15) is 5.01 Å². The van der Waals surface area contributed by atoms with E-state index in [4.69, 9.17) is 0 Å². The number of thiazole rings is 1. The van der Waals surface area contributed by atoms with Gasteiger partial charge in [0, 0.05) is 33.1 Å². The van der Waals surface area contributed by atoms with Gasteiger partial charge in [0.15, 0.2) is 0 Å². The van der Waals surface area contributed by atoms with Crippen LogP contribution < -0.4 is 0 Å². The van der Waals surface area contributed by atoms with Crippen molar-refractivity contribution in [1.82, 2.24) is 14.8 Å². The molecule has 4 nitrogen and oxygen atoms in total. The lowest BCUT2D eigenvalue weighted by Crippen LogP contribution is -2.47. The summed E-state index contributed by atoms with van der Waals surface area (Å²) < 4.78 is 1.25. The van der Waals surface area contributed by atoms with Gasteiger partial charge < -0.3 is 4.90 Å². The van der Waals surface area contributed by atoms with Crippen LogP contribution in [0.2, 0.25) is 0 Å². The number of para-hydroxylation sites is 1. The first-order valence-electron chi connectivity index (χ1n) is 6.55. The number of amides is 1. The summed E-state index contributed by atoms with van der Waals surface area (Å²) in [6.45, 7) is 6.08. The molecule has 1 fully saturated rings. The molecule has 0 unspecified atom stereocenters. The Morgan fingerprint density at radius 2 is 2.00 bits per heavy atom. The second-order valence-corrected chi connectivity index (χ2v) is 5.97. The normalized spacial score (nSPS) is 17.0. The molecule has 1 aromatic heterocycles. The van der Waals surface area contributed by atoms with Crippen molar-refractivity contribution in [3.05, 3.63) is 29.3 Å². The summed E-state index contributed by atoms with van der Waals surface area (Å²) in [5, 5.41) is 1.16. The minimum Gasteiger partial charge on any atom is -0.340 e. The highest BCUT2D eigenvalue weighted by molar-refractivity contribution is 7.18. The fourth-order valence-corrected chi connectivity index (χ4v) is 3.41. The van der Waals surface area contributed by atoms with E-state index < -0.39 is 0 Å². The molecule has 0 N–H and O–H groups in total. The van der Waals surface area contributed by atoms with Crippen LogP contribution in [0.25, 0.3) is 10.2 Å². The molecule has 0 aliphatic carbocycles. The van der Waals surface area contributed by atoms with Gasteiger partial charge >= 0.3 is 0 Å². The topological polar surface area (TPSA) is 36.4 Å². The van der Waals surface area contributed by atoms with E-state index in [1.54, 1.807) is 18.3 Å². The maximum atomic E-state index is 11.3. The van der Waals surface area contributed by atoms with Gasteiger partial charge in [0.25, 0.3) is 0 Å². The third kappa shape index (κ3) is 2.77. The molecular weight excluding hydrogens is 258 g/mol. The van der Waals surface area contributed by atoms with E-state index in [0.717, 1.165) is 43.2 Å². The third-order valence-corrected chi connectivity index (χ3v) is 4.54. The number of piperazine rings is 1. The maximum absolute atomic E-state index is 11.3. The Morgan fingerprint density at radius 1 is 1.26 bits per heavy atom. The van der Waals surface area contributed by atoms with Gasteiger partial charge in [-0.3, -0.25) is 9.69 Å². The van der Waals surface area contributed by atoms with Crippen LogP contribution in [0.1, 0.15) is 11.9 Å². The summed E-state index contributed by atoms with van der Waals surface area (Å²) >= 11 is 1.76. The molecule has 0 saturated carbocycles. The Labute approximate surface area is 116 Å². The van der Waals surface area contributed by atoms with Gasteiger partial charge in [-0.05, 0) is 12.1 Å². The SMILES string of the molecule is CC(=O)N1CCN(Cc2nc3ccccc3s2)CC1. The highest BCUT2D eigenvalue weighted by atomic mass is 32.1. The summed E-state index contributed by atoms with van der Waals surface area (Å²) in [5.41, 5.74) is 1.09. The highest BCUT2D eigenvalue weighted by Crippen LogP contribution is 2.22. The van der Waals surface area contributed by atoms with E-state index in [1.165, 1.54) is 4.70 Å². The third-order valence-electron chi connectivity index (χ3n) is 3.51. The van der Waals surface area contributed by atoms with E-state index in [1.807, 2.05) is 11.0 Å². The number of benzene rings is 1. The van der Waals surface area contributed by atoms with Gasteiger partial charge in [0.2, 0.25) is 5.91 Å². The van der Waals surface area contributed by atoms with Crippen LogP contribution >= 0.6 is 11.3 Å². The summed E-state index contributed by atoms with van der Waals surface area (Å²) in [6.07, 6.45) is 0. The quantitative estimate of drug-likeness (QED) is 0.840. The molecule has 1 saturated heterocycles. The van der Waals surface area contributed by atoms with Crippen molar-refractivity contribution in [2.45, 2.75) is 13.5 Å². The lowest BCUT2D eigenvalue weighted by atomic mass is 10.3. The Balaban J connectivity index is 1.64. The van der Waals surface area contributed by atoms with Crippen molar-refractivity contribution >= 4 is 27.5 Å². The molecule has 2 aromatic rings. The standard InChI is InChI=1S/C14H17N3OS/c1-11(18)17-8-6-16(7-9-17)10-14-15-12-4-2-3-5-13(12)19-14/h2-5H,6-10H2,1H3. The van der Waals surface area contributed by atoms with E-state index in [2.05, 4.69) is 28.1 Å². The number of nitrogens with zero attached hydrogens (tertiary/aromatic N) is 3. The van der Waals surface area contributed by atoms with Crippen LogP contribution in [0.4, 0.5) is 0 Å². The molecule has 0 atom stereocenters. The van der Waals surface area contributed by atoms with Crippen LogP contribution in [0.15, 0.2) is 24.3 Å². The predicted octanol–water partition coefficient (Wildman–Crippen LogP) is 1.96. The lowest BCUT2D eigenvalue weighted by molar-refractivity contribution is -0.130. The van der Waals surface area contributed by atoms with Gasteiger partial charge in [-0.1, -0.05) is 12.1 Å². The second kappa shape index (κ2) is 5.27. The molecule has 1 aliphatic rings. The number of hydrogen-bond donors (Lipinski definition) is 0. The fourth-order valence-electron chi connectivity index (χ4n) is 2.40. The number of hydrogen-bond acceptors (Lipinski definition) is 4. The number of rotatable bonds is 2. The molecule has 0 spiro atoms. The molecule has 1 amide bonds. The first-order chi connectivity index (χ1) is 9.22. The van der Waals surface area contributed by atoms with Crippen molar-refractivity contribution in [2.24, 2.45) is 0 Å². The number of carbonyl (C=O) groups is 1. The number of carbonyl (C=O) groups excluding carboxylic acids is 1. The Morgan fingerprint density at radius 3 is 2.68 bits per heavy atom. The number of fused-ring (bicyclic) bond motifs is 1. The summed E-state index contributed by atoms with van der Waals surface area (Å²) in [6, 6.07) is 8.25. The van der Waals surface area contributed by atoms with Gasteiger partial charge in [-0.25, -0.2) is 4.98 Å². The van der Waals surface area contributed by atoms with E-state index in [9.17, 15) is 4.79 Å². The van der Waals surface area contributed by atoms with Crippen LogP contribution in [-0.4, -0.2) is 46.9 Å². The average molecular weight is 275 g/mol. The molecule has 1 aliphatic heterocycles. The van der Waals surface area contributed by atoms with Gasteiger partial charge in [-0.2, -0.15) is 0 Å². The molecule has 5 heteroatoms. The van der Waals surface area contributed by atoms with Crippen molar-refractivity contribution < 1.29 is 4.79 Å². The monoisotopic (exact) mass is 275 g/mol. The van der Waals surface area contributed by atoms with Crippen molar-refractivity contribution in [1.29, 1.82) is 0 Å². The molecule has 19 heavy (non-hydrogen) atoms. The van der Waals surface area contributed by atoms with Crippen LogP contribution in [-0.2, 0) is 11.3 Å². The van der Waals surface area contributed by atoms with Crippen LogP contribution in [0.3, 0.4) is 0 Å². The maximum Gasteiger partial charge on any atom is 0.219 e. The molecule has 1 aromatic carbocycles. The van der Waals surface area contributed by atoms with E-state index in [0.29, 0.717) is 0 Å². The van der Waals surface area contributed by atoms with Crippen LogP contribution in [0, 0.1) is 0 Å². The molecular formula is C14H17N3OS. The Bertz CT molecular complexity index is 554. The van der Waals surface area contributed by atoms with Crippen molar-refractivity contribution in [3.63, 3.8) is 0 Å². The van der Waals surface area contributed by atoms with Crippen molar-refractivity contribution in [2.75, 3.05) is 26.2 Å². The molecule has 2 heterocycles.